The zero-order chi connectivity index (χ0) is 12.3. The van der Waals surface area contributed by atoms with Crippen molar-refractivity contribution in [3.8, 4) is 0 Å². The van der Waals surface area contributed by atoms with Crippen LogP contribution < -0.4 is 4.90 Å². The summed E-state index contributed by atoms with van der Waals surface area (Å²) in [6, 6.07) is 0. The second-order valence-corrected chi connectivity index (χ2v) is 5.11. The molecule has 94 valence electrons. The van der Waals surface area contributed by atoms with Crippen molar-refractivity contribution < 1.29 is 0 Å². The summed E-state index contributed by atoms with van der Waals surface area (Å²) in [6.07, 6.45) is 5.27. The summed E-state index contributed by atoms with van der Waals surface area (Å²) in [4.78, 5) is 10.6. The zero-order valence-corrected chi connectivity index (χ0v) is 11.5. The molecule has 1 aromatic heterocycles. The molecule has 1 aliphatic rings. The van der Waals surface area contributed by atoms with Crippen molar-refractivity contribution in [2.75, 3.05) is 18.0 Å². The molecule has 3 nitrogen and oxygen atoms in total. The standard InChI is InChI=1S/C12H17Cl2N3/c1-2-3-9-4-5-17(7-9)12-10(6-13)11(14)15-8-16-12/h8-9H,2-7H2,1H3. The smallest absolute Gasteiger partial charge is 0.138 e. The molecule has 0 amide bonds. The fourth-order valence-electron chi connectivity index (χ4n) is 2.44. The molecule has 0 aromatic carbocycles. The van der Waals surface area contributed by atoms with Crippen LogP contribution in [-0.4, -0.2) is 23.1 Å². The van der Waals surface area contributed by atoms with E-state index in [0.29, 0.717) is 11.0 Å². The van der Waals surface area contributed by atoms with Gasteiger partial charge in [-0.2, -0.15) is 0 Å². The van der Waals surface area contributed by atoms with Gasteiger partial charge in [0.05, 0.1) is 5.88 Å². The molecule has 0 saturated carbocycles. The normalized spacial score (nSPS) is 19.9. The SMILES string of the molecule is CCCC1CCN(c2ncnc(Cl)c2CCl)C1. The number of halogens is 2. The lowest BCUT2D eigenvalue weighted by molar-refractivity contribution is 0.529. The summed E-state index contributed by atoms with van der Waals surface area (Å²) < 4.78 is 0. The van der Waals surface area contributed by atoms with E-state index in [1.165, 1.54) is 25.6 Å². The molecular formula is C12H17Cl2N3. The molecule has 1 atom stereocenters. The molecule has 1 saturated heterocycles. The molecule has 0 N–H and O–H groups in total. The summed E-state index contributed by atoms with van der Waals surface area (Å²) in [7, 11) is 0. The molecule has 1 unspecified atom stereocenters. The van der Waals surface area contributed by atoms with Gasteiger partial charge in [0.1, 0.15) is 17.3 Å². The first-order valence-corrected chi connectivity index (χ1v) is 6.97. The van der Waals surface area contributed by atoms with E-state index >= 15 is 0 Å². The predicted octanol–water partition coefficient (Wildman–Crippen LogP) is 3.50. The molecule has 1 fully saturated rings. The third-order valence-electron chi connectivity index (χ3n) is 3.29. The van der Waals surface area contributed by atoms with E-state index < -0.39 is 0 Å². The van der Waals surface area contributed by atoms with Crippen LogP contribution in [0.3, 0.4) is 0 Å². The molecule has 0 radical (unpaired) electrons. The maximum atomic E-state index is 6.04. The van der Waals surface area contributed by atoms with Crippen LogP contribution in [-0.2, 0) is 5.88 Å². The average molecular weight is 274 g/mol. The summed E-state index contributed by atoms with van der Waals surface area (Å²) >= 11 is 12.0. The van der Waals surface area contributed by atoms with E-state index in [0.717, 1.165) is 30.4 Å². The Morgan fingerprint density at radius 2 is 2.29 bits per heavy atom. The van der Waals surface area contributed by atoms with Crippen molar-refractivity contribution in [3.63, 3.8) is 0 Å². The molecular weight excluding hydrogens is 257 g/mol. The second kappa shape index (κ2) is 5.87. The van der Waals surface area contributed by atoms with Crippen LogP contribution >= 0.6 is 23.2 Å². The van der Waals surface area contributed by atoms with Crippen LogP contribution in [0.5, 0.6) is 0 Å². The Hall–Kier alpha value is -0.540. The third-order valence-corrected chi connectivity index (χ3v) is 3.88. The highest BCUT2D eigenvalue weighted by Crippen LogP contribution is 2.30. The van der Waals surface area contributed by atoms with Crippen molar-refractivity contribution in [1.82, 2.24) is 9.97 Å². The lowest BCUT2D eigenvalue weighted by atomic mass is 10.0. The monoisotopic (exact) mass is 273 g/mol. The maximum absolute atomic E-state index is 6.04. The number of hydrogen-bond acceptors (Lipinski definition) is 3. The highest BCUT2D eigenvalue weighted by molar-refractivity contribution is 6.31. The Balaban J connectivity index is 2.15. The van der Waals surface area contributed by atoms with Gasteiger partial charge >= 0.3 is 0 Å². The first kappa shape index (κ1) is 12.9. The molecule has 1 aromatic rings. The van der Waals surface area contributed by atoms with Crippen LogP contribution in [0.25, 0.3) is 0 Å². The summed E-state index contributed by atoms with van der Waals surface area (Å²) in [5, 5.41) is 0.476. The van der Waals surface area contributed by atoms with E-state index in [1.54, 1.807) is 0 Å². The Bertz CT molecular complexity index is 384. The second-order valence-electron chi connectivity index (χ2n) is 4.49. The summed E-state index contributed by atoms with van der Waals surface area (Å²) in [5.41, 5.74) is 0.855. The highest BCUT2D eigenvalue weighted by atomic mass is 35.5. The van der Waals surface area contributed by atoms with Gasteiger partial charge in [-0.05, 0) is 18.8 Å². The molecule has 17 heavy (non-hydrogen) atoms. The lowest BCUT2D eigenvalue weighted by Crippen LogP contribution is -2.22. The average Bonchev–Trinajstić information content (AvgIpc) is 2.78. The lowest BCUT2D eigenvalue weighted by Gasteiger charge is -2.20. The minimum Gasteiger partial charge on any atom is -0.356 e. The molecule has 2 heterocycles. The highest BCUT2D eigenvalue weighted by Gasteiger charge is 2.25. The van der Waals surface area contributed by atoms with Crippen LogP contribution in [0, 0.1) is 5.92 Å². The molecule has 0 aliphatic carbocycles. The Morgan fingerprint density at radius 1 is 1.47 bits per heavy atom. The molecule has 0 bridgehead atoms. The van der Waals surface area contributed by atoms with Gasteiger partial charge in [-0.15, -0.1) is 11.6 Å². The maximum Gasteiger partial charge on any atom is 0.138 e. The number of anilines is 1. The molecule has 1 aliphatic heterocycles. The van der Waals surface area contributed by atoms with Gasteiger partial charge in [0.15, 0.2) is 0 Å². The fourth-order valence-corrected chi connectivity index (χ4v) is 2.95. The minimum atomic E-state index is 0.365. The Kier molecular flexibility index (Phi) is 4.46. The van der Waals surface area contributed by atoms with Gasteiger partial charge < -0.3 is 4.90 Å². The fraction of sp³-hybridized carbons (Fsp3) is 0.667. The third kappa shape index (κ3) is 2.83. The van der Waals surface area contributed by atoms with Crippen molar-refractivity contribution >= 4 is 29.0 Å². The number of hydrogen-bond donors (Lipinski definition) is 0. The van der Waals surface area contributed by atoms with Gasteiger partial charge in [-0.1, -0.05) is 24.9 Å². The number of nitrogens with zero attached hydrogens (tertiary/aromatic N) is 3. The molecule has 0 spiro atoms. The predicted molar refractivity (Wildman–Crippen MR) is 71.8 cm³/mol. The van der Waals surface area contributed by atoms with E-state index in [1.807, 2.05) is 0 Å². The summed E-state index contributed by atoms with van der Waals surface area (Å²) in [6.45, 7) is 4.33. The first-order valence-electron chi connectivity index (χ1n) is 6.06. The van der Waals surface area contributed by atoms with E-state index in [9.17, 15) is 0 Å². The van der Waals surface area contributed by atoms with Gasteiger partial charge in [0.25, 0.3) is 0 Å². The van der Waals surface area contributed by atoms with E-state index in [4.69, 9.17) is 23.2 Å². The zero-order valence-electron chi connectivity index (χ0n) is 9.99. The molecule has 2 rings (SSSR count). The van der Waals surface area contributed by atoms with Crippen molar-refractivity contribution in [2.24, 2.45) is 5.92 Å². The van der Waals surface area contributed by atoms with Crippen molar-refractivity contribution in [1.29, 1.82) is 0 Å². The van der Waals surface area contributed by atoms with Crippen LogP contribution in [0.1, 0.15) is 31.7 Å². The summed E-state index contributed by atoms with van der Waals surface area (Å²) in [5.74, 6) is 2.06. The molecule has 5 heteroatoms. The van der Waals surface area contributed by atoms with Crippen LogP contribution in [0.2, 0.25) is 5.15 Å². The number of aromatic nitrogens is 2. The quantitative estimate of drug-likeness (QED) is 0.621. The first-order chi connectivity index (χ1) is 8.26. The Morgan fingerprint density at radius 3 is 3.00 bits per heavy atom. The van der Waals surface area contributed by atoms with Gasteiger partial charge in [0, 0.05) is 18.7 Å². The Labute approximate surface area is 112 Å². The van der Waals surface area contributed by atoms with E-state index in [2.05, 4.69) is 21.8 Å². The largest absolute Gasteiger partial charge is 0.356 e. The van der Waals surface area contributed by atoms with Gasteiger partial charge in [-0.25, -0.2) is 9.97 Å². The van der Waals surface area contributed by atoms with Crippen molar-refractivity contribution in [2.45, 2.75) is 32.1 Å². The topological polar surface area (TPSA) is 29.0 Å². The van der Waals surface area contributed by atoms with Gasteiger partial charge in [-0.3, -0.25) is 0 Å². The van der Waals surface area contributed by atoms with Crippen LogP contribution in [0.4, 0.5) is 5.82 Å². The van der Waals surface area contributed by atoms with Gasteiger partial charge in [0.2, 0.25) is 0 Å². The number of alkyl halides is 1. The minimum absolute atomic E-state index is 0.365. The number of rotatable bonds is 4. The van der Waals surface area contributed by atoms with Crippen LogP contribution in [0.15, 0.2) is 6.33 Å². The van der Waals surface area contributed by atoms with Crippen molar-refractivity contribution in [3.05, 3.63) is 17.0 Å². The van der Waals surface area contributed by atoms with E-state index in [-0.39, 0.29) is 0 Å².